The second-order valence-corrected chi connectivity index (χ2v) is 6.25. The van der Waals surface area contributed by atoms with Gasteiger partial charge in [-0.2, -0.15) is 0 Å². The van der Waals surface area contributed by atoms with Crippen molar-refractivity contribution in [1.29, 1.82) is 0 Å². The van der Waals surface area contributed by atoms with Crippen LogP contribution in [0.2, 0.25) is 0 Å². The van der Waals surface area contributed by atoms with E-state index in [1.807, 2.05) is 41.3 Å². The summed E-state index contributed by atoms with van der Waals surface area (Å²) in [5.41, 5.74) is 3.09. The molecule has 1 amide bonds. The van der Waals surface area contributed by atoms with E-state index in [9.17, 15) is 9.00 Å². The summed E-state index contributed by atoms with van der Waals surface area (Å²) >= 11 is -2.10. The van der Waals surface area contributed by atoms with Crippen molar-refractivity contribution in [2.45, 2.75) is 0 Å². The number of benzene rings is 2. The first-order valence-electron chi connectivity index (χ1n) is 7.71. The minimum atomic E-state index is -2.10. The molecular weight excluding hydrogens is 326 g/mol. The Morgan fingerprint density at radius 3 is 2.46 bits per heavy atom. The molecular formula is C17H19N3O3S. The Labute approximate surface area is 143 Å². The van der Waals surface area contributed by atoms with Gasteiger partial charge >= 0.3 is 0 Å². The third kappa shape index (κ3) is 4.00. The van der Waals surface area contributed by atoms with Gasteiger partial charge in [-0.15, -0.1) is 0 Å². The molecule has 0 spiro atoms. The maximum Gasteiger partial charge on any atom is 0.259 e. The highest BCUT2D eigenvalue weighted by molar-refractivity contribution is 7.80. The lowest BCUT2D eigenvalue weighted by atomic mass is 10.0. The molecule has 1 heterocycles. The van der Waals surface area contributed by atoms with Gasteiger partial charge in [-0.25, -0.2) is 4.21 Å². The fourth-order valence-corrected chi connectivity index (χ4v) is 3.05. The lowest BCUT2D eigenvalue weighted by Gasteiger charge is -2.27. The van der Waals surface area contributed by atoms with Gasteiger partial charge in [0.1, 0.15) is 0 Å². The van der Waals surface area contributed by atoms with Crippen molar-refractivity contribution in [2.24, 2.45) is 0 Å². The van der Waals surface area contributed by atoms with E-state index in [0.29, 0.717) is 11.3 Å². The molecule has 0 radical (unpaired) electrons. The number of hydrogen-bond acceptors (Lipinski definition) is 3. The van der Waals surface area contributed by atoms with E-state index in [0.717, 1.165) is 37.3 Å². The van der Waals surface area contributed by atoms with Crippen LogP contribution in [0.4, 0.5) is 5.69 Å². The van der Waals surface area contributed by atoms with Crippen molar-refractivity contribution in [3.05, 3.63) is 54.1 Å². The van der Waals surface area contributed by atoms with Gasteiger partial charge in [0.25, 0.3) is 17.2 Å². The third-order valence-electron chi connectivity index (χ3n) is 3.94. The standard InChI is InChI=1S/C17H19N3O3S/c21-17(20-10-8-18-9-11-20)14-6-4-13(5-7-14)15-2-1-3-16(12-15)19-24(22)23/h1-7,12,18-19H,8-11H2,(H,22,23). The molecule has 0 saturated carbocycles. The molecule has 24 heavy (non-hydrogen) atoms. The lowest BCUT2D eigenvalue weighted by molar-refractivity contribution is 0.0736. The number of carbonyl (C=O) groups is 1. The Balaban J connectivity index is 1.76. The van der Waals surface area contributed by atoms with Crippen LogP contribution >= 0.6 is 0 Å². The van der Waals surface area contributed by atoms with Crippen molar-refractivity contribution in [3.63, 3.8) is 0 Å². The third-order valence-corrected chi connectivity index (χ3v) is 4.35. The van der Waals surface area contributed by atoms with Crippen LogP contribution < -0.4 is 10.0 Å². The number of nitrogens with zero attached hydrogens (tertiary/aromatic N) is 1. The first-order chi connectivity index (χ1) is 11.6. The fraction of sp³-hybridized carbons (Fsp3) is 0.235. The van der Waals surface area contributed by atoms with E-state index in [-0.39, 0.29) is 5.91 Å². The Kier molecular flexibility index (Phi) is 5.24. The van der Waals surface area contributed by atoms with Gasteiger partial charge < -0.3 is 10.2 Å². The van der Waals surface area contributed by atoms with Crippen molar-refractivity contribution >= 4 is 22.9 Å². The van der Waals surface area contributed by atoms with Crippen molar-refractivity contribution in [1.82, 2.24) is 10.2 Å². The van der Waals surface area contributed by atoms with Crippen LogP contribution in [-0.4, -0.2) is 45.7 Å². The molecule has 6 nitrogen and oxygen atoms in total. The van der Waals surface area contributed by atoms with Crippen LogP contribution in [0.1, 0.15) is 10.4 Å². The van der Waals surface area contributed by atoms with Gasteiger partial charge in [0.05, 0.1) is 0 Å². The minimum Gasteiger partial charge on any atom is -0.336 e. The first-order valence-corrected chi connectivity index (χ1v) is 8.82. The summed E-state index contributed by atoms with van der Waals surface area (Å²) in [4.78, 5) is 14.3. The Morgan fingerprint density at radius 2 is 1.79 bits per heavy atom. The number of anilines is 1. The van der Waals surface area contributed by atoms with Gasteiger partial charge in [-0.1, -0.05) is 24.3 Å². The maximum atomic E-state index is 12.4. The topological polar surface area (TPSA) is 81.7 Å². The second kappa shape index (κ2) is 7.57. The van der Waals surface area contributed by atoms with Gasteiger partial charge in [-0.3, -0.25) is 14.1 Å². The van der Waals surface area contributed by atoms with E-state index >= 15 is 0 Å². The predicted molar refractivity (Wildman–Crippen MR) is 95.0 cm³/mol. The lowest BCUT2D eigenvalue weighted by Crippen LogP contribution is -2.46. The van der Waals surface area contributed by atoms with Crippen LogP contribution in [0.25, 0.3) is 11.1 Å². The summed E-state index contributed by atoms with van der Waals surface area (Å²) in [7, 11) is 0. The summed E-state index contributed by atoms with van der Waals surface area (Å²) in [5, 5.41) is 3.23. The van der Waals surface area contributed by atoms with E-state index in [2.05, 4.69) is 10.0 Å². The molecule has 1 saturated heterocycles. The highest BCUT2D eigenvalue weighted by Crippen LogP contribution is 2.23. The highest BCUT2D eigenvalue weighted by Gasteiger charge is 2.17. The minimum absolute atomic E-state index is 0.0501. The molecule has 1 unspecified atom stereocenters. The fourth-order valence-electron chi connectivity index (χ4n) is 2.72. The molecule has 0 aliphatic carbocycles. The van der Waals surface area contributed by atoms with Crippen LogP contribution in [-0.2, 0) is 11.3 Å². The number of amides is 1. The quantitative estimate of drug-likeness (QED) is 0.740. The van der Waals surface area contributed by atoms with Gasteiger partial charge in [0, 0.05) is 37.4 Å². The van der Waals surface area contributed by atoms with Crippen molar-refractivity contribution < 1.29 is 13.6 Å². The Hall–Kier alpha value is -2.22. The zero-order chi connectivity index (χ0) is 16.9. The molecule has 1 aliphatic rings. The predicted octanol–water partition coefficient (Wildman–Crippen LogP) is 1.95. The SMILES string of the molecule is O=C(c1ccc(-c2cccc(NS(=O)O)c2)cc1)N1CCNCC1. The van der Waals surface area contributed by atoms with Gasteiger partial charge in [-0.05, 0) is 35.4 Å². The van der Waals surface area contributed by atoms with Crippen LogP contribution in [0.15, 0.2) is 48.5 Å². The average Bonchev–Trinajstić information content (AvgIpc) is 2.62. The molecule has 126 valence electrons. The Morgan fingerprint density at radius 1 is 1.08 bits per heavy atom. The number of nitrogens with one attached hydrogen (secondary N) is 2. The van der Waals surface area contributed by atoms with Gasteiger partial charge in [0.2, 0.25) is 0 Å². The molecule has 2 aromatic rings. The monoisotopic (exact) mass is 345 g/mol. The van der Waals surface area contributed by atoms with Crippen LogP contribution in [0.3, 0.4) is 0 Å². The first kappa shape index (κ1) is 16.6. The number of carbonyl (C=O) groups excluding carboxylic acids is 1. The molecule has 1 aliphatic heterocycles. The van der Waals surface area contributed by atoms with Crippen LogP contribution in [0, 0.1) is 0 Å². The molecule has 3 rings (SSSR count). The molecule has 0 bridgehead atoms. The molecule has 1 fully saturated rings. The summed E-state index contributed by atoms with van der Waals surface area (Å²) in [6, 6.07) is 14.7. The van der Waals surface area contributed by atoms with E-state index in [4.69, 9.17) is 4.55 Å². The summed E-state index contributed by atoms with van der Waals surface area (Å²) < 4.78 is 22.2. The van der Waals surface area contributed by atoms with E-state index in [1.165, 1.54) is 0 Å². The summed E-state index contributed by atoms with van der Waals surface area (Å²) in [6.07, 6.45) is 0. The summed E-state index contributed by atoms with van der Waals surface area (Å²) in [5.74, 6) is 0.0501. The van der Waals surface area contributed by atoms with E-state index < -0.39 is 11.3 Å². The number of rotatable bonds is 4. The Bertz CT molecular complexity index is 743. The molecule has 0 aromatic heterocycles. The average molecular weight is 345 g/mol. The molecule has 1 atom stereocenters. The van der Waals surface area contributed by atoms with Crippen LogP contribution in [0.5, 0.6) is 0 Å². The maximum absolute atomic E-state index is 12.4. The highest BCUT2D eigenvalue weighted by atomic mass is 32.2. The zero-order valence-electron chi connectivity index (χ0n) is 13.1. The van der Waals surface area contributed by atoms with Gasteiger partial charge in [0.15, 0.2) is 0 Å². The molecule has 3 N–H and O–H groups in total. The second-order valence-electron chi connectivity index (χ2n) is 5.55. The number of piperazine rings is 1. The smallest absolute Gasteiger partial charge is 0.259 e. The molecule has 7 heteroatoms. The largest absolute Gasteiger partial charge is 0.336 e. The number of hydrogen-bond donors (Lipinski definition) is 3. The van der Waals surface area contributed by atoms with Crippen molar-refractivity contribution in [3.8, 4) is 11.1 Å². The normalized spacial score (nSPS) is 15.8. The van der Waals surface area contributed by atoms with E-state index in [1.54, 1.807) is 12.1 Å². The summed E-state index contributed by atoms with van der Waals surface area (Å²) in [6.45, 7) is 3.12. The van der Waals surface area contributed by atoms with Crippen molar-refractivity contribution in [2.75, 3.05) is 30.9 Å². The molecule has 2 aromatic carbocycles. The zero-order valence-corrected chi connectivity index (χ0v) is 13.9.